The van der Waals surface area contributed by atoms with Crippen molar-refractivity contribution in [2.75, 3.05) is 39.4 Å². The van der Waals surface area contributed by atoms with Gasteiger partial charge in [0.05, 0.1) is 23.8 Å². The number of morpholine rings is 1. The molecule has 23 heavy (non-hydrogen) atoms. The molecule has 0 aromatic heterocycles. The molecule has 3 rings (SSSR count). The number of carbonyl (C=O) groups is 1. The van der Waals surface area contributed by atoms with Crippen molar-refractivity contribution >= 4 is 17.5 Å². The van der Waals surface area contributed by atoms with Gasteiger partial charge in [-0.1, -0.05) is 23.7 Å². The number of piperidine rings is 1. The minimum Gasteiger partial charge on any atom is -0.379 e. The van der Waals surface area contributed by atoms with Gasteiger partial charge in [0.2, 0.25) is 0 Å². The fourth-order valence-corrected chi connectivity index (χ4v) is 3.73. The van der Waals surface area contributed by atoms with Crippen LogP contribution < -0.4 is 0 Å². The Morgan fingerprint density at radius 2 is 1.96 bits per heavy atom. The summed E-state index contributed by atoms with van der Waals surface area (Å²) in [4.78, 5) is 17.4. The van der Waals surface area contributed by atoms with E-state index in [2.05, 4.69) is 4.90 Å². The Kier molecular flexibility index (Phi) is 5.92. The summed E-state index contributed by atoms with van der Waals surface area (Å²) in [6.07, 6.45) is 4.43. The van der Waals surface area contributed by atoms with Crippen LogP contribution in [0.2, 0.25) is 5.02 Å². The molecule has 2 heterocycles. The molecule has 2 aliphatic rings. The molecule has 0 spiro atoms. The van der Waals surface area contributed by atoms with Crippen LogP contribution in [0.5, 0.6) is 0 Å². The van der Waals surface area contributed by atoms with Crippen LogP contribution in [0.3, 0.4) is 0 Å². The summed E-state index contributed by atoms with van der Waals surface area (Å²) in [7, 11) is 0. The first-order valence-corrected chi connectivity index (χ1v) is 8.99. The number of nitrogens with zero attached hydrogens (tertiary/aromatic N) is 2. The zero-order valence-electron chi connectivity index (χ0n) is 13.5. The summed E-state index contributed by atoms with van der Waals surface area (Å²) in [5.41, 5.74) is 0.632. The predicted molar refractivity (Wildman–Crippen MR) is 92.0 cm³/mol. The fraction of sp³-hybridized carbons (Fsp3) is 0.611. The second kappa shape index (κ2) is 8.13. The van der Waals surface area contributed by atoms with E-state index in [1.807, 2.05) is 23.1 Å². The molecule has 2 saturated heterocycles. The zero-order chi connectivity index (χ0) is 16.1. The molecule has 5 heteroatoms. The van der Waals surface area contributed by atoms with Gasteiger partial charge in [-0.05, 0) is 37.8 Å². The maximum absolute atomic E-state index is 12.9. The van der Waals surface area contributed by atoms with E-state index in [1.165, 1.54) is 6.42 Å². The summed E-state index contributed by atoms with van der Waals surface area (Å²) in [6, 6.07) is 7.70. The lowest BCUT2D eigenvalue weighted by Crippen LogP contribution is -2.46. The zero-order valence-corrected chi connectivity index (χ0v) is 14.3. The molecule has 1 amide bonds. The molecule has 2 aliphatic heterocycles. The molecule has 1 atom stereocenters. The molecule has 0 saturated carbocycles. The van der Waals surface area contributed by atoms with E-state index in [0.717, 1.165) is 58.7 Å². The van der Waals surface area contributed by atoms with Gasteiger partial charge in [-0.2, -0.15) is 0 Å². The predicted octanol–water partition coefficient (Wildman–Crippen LogP) is 3.06. The van der Waals surface area contributed by atoms with Crippen molar-refractivity contribution in [1.82, 2.24) is 9.80 Å². The minimum atomic E-state index is 0.0854. The number of hydrogen-bond donors (Lipinski definition) is 0. The number of halogens is 1. The molecule has 0 aliphatic carbocycles. The molecular weight excluding hydrogens is 312 g/mol. The standard InChI is InChI=1S/C18H25ClN2O2/c19-17-7-2-1-6-16(17)18(22)21-9-4-3-5-15(21)8-10-20-11-13-23-14-12-20/h1-2,6-7,15H,3-5,8-14H2/t15-/m1/s1. The summed E-state index contributed by atoms with van der Waals surface area (Å²) in [5, 5.41) is 0.551. The average molecular weight is 337 g/mol. The first kappa shape index (κ1) is 16.7. The van der Waals surface area contributed by atoms with Gasteiger partial charge in [0.25, 0.3) is 5.91 Å². The van der Waals surface area contributed by atoms with Crippen molar-refractivity contribution < 1.29 is 9.53 Å². The number of benzene rings is 1. The van der Waals surface area contributed by atoms with Gasteiger partial charge in [0.15, 0.2) is 0 Å². The maximum atomic E-state index is 12.9. The van der Waals surface area contributed by atoms with E-state index in [0.29, 0.717) is 16.6 Å². The van der Waals surface area contributed by atoms with Crippen molar-refractivity contribution in [3.05, 3.63) is 34.9 Å². The highest BCUT2D eigenvalue weighted by molar-refractivity contribution is 6.33. The van der Waals surface area contributed by atoms with Crippen LogP contribution in [0.1, 0.15) is 36.0 Å². The van der Waals surface area contributed by atoms with Crippen molar-refractivity contribution in [2.24, 2.45) is 0 Å². The third kappa shape index (κ3) is 4.25. The van der Waals surface area contributed by atoms with Crippen molar-refractivity contribution in [1.29, 1.82) is 0 Å². The molecule has 0 bridgehead atoms. The molecule has 0 radical (unpaired) electrons. The molecule has 2 fully saturated rings. The van der Waals surface area contributed by atoms with Gasteiger partial charge in [0.1, 0.15) is 0 Å². The molecular formula is C18H25ClN2O2. The Hall–Kier alpha value is -1.10. The second-order valence-electron chi connectivity index (χ2n) is 6.37. The second-order valence-corrected chi connectivity index (χ2v) is 6.78. The Morgan fingerprint density at radius 1 is 1.17 bits per heavy atom. The Labute approximate surface area is 143 Å². The third-order valence-corrected chi connectivity index (χ3v) is 5.20. The largest absolute Gasteiger partial charge is 0.379 e. The highest BCUT2D eigenvalue weighted by Gasteiger charge is 2.28. The van der Waals surface area contributed by atoms with Crippen molar-refractivity contribution in [3.63, 3.8) is 0 Å². The first-order chi connectivity index (χ1) is 11.3. The first-order valence-electron chi connectivity index (χ1n) is 8.61. The Morgan fingerprint density at radius 3 is 2.74 bits per heavy atom. The lowest BCUT2D eigenvalue weighted by Gasteiger charge is -2.37. The van der Waals surface area contributed by atoms with E-state index in [4.69, 9.17) is 16.3 Å². The number of rotatable bonds is 4. The molecule has 1 aromatic rings. The monoisotopic (exact) mass is 336 g/mol. The quantitative estimate of drug-likeness (QED) is 0.847. The lowest BCUT2D eigenvalue weighted by atomic mass is 9.97. The maximum Gasteiger partial charge on any atom is 0.255 e. The normalized spacial score (nSPS) is 23.0. The van der Waals surface area contributed by atoms with Crippen LogP contribution in [0.25, 0.3) is 0 Å². The van der Waals surface area contributed by atoms with Crippen LogP contribution in [-0.4, -0.2) is 61.1 Å². The van der Waals surface area contributed by atoms with Gasteiger partial charge in [0, 0.05) is 32.2 Å². The lowest BCUT2D eigenvalue weighted by molar-refractivity contribution is 0.0296. The number of ether oxygens (including phenoxy) is 1. The van der Waals surface area contributed by atoms with E-state index >= 15 is 0 Å². The molecule has 0 N–H and O–H groups in total. The summed E-state index contributed by atoms with van der Waals surface area (Å²) < 4.78 is 5.40. The topological polar surface area (TPSA) is 32.8 Å². The van der Waals surface area contributed by atoms with Crippen LogP contribution >= 0.6 is 11.6 Å². The summed E-state index contributed by atoms with van der Waals surface area (Å²) in [5.74, 6) is 0.0854. The molecule has 126 valence electrons. The fourth-order valence-electron chi connectivity index (χ4n) is 3.51. The van der Waals surface area contributed by atoms with Crippen LogP contribution in [0.15, 0.2) is 24.3 Å². The molecule has 1 aromatic carbocycles. The Bertz CT molecular complexity index is 532. The SMILES string of the molecule is O=C(c1ccccc1Cl)N1CCCC[C@@H]1CCN1CCOCC1. The van der Waals surface area contributed by atoms with Gasteiger partial charge in [-0.3, -0.25) is 9.69 Å². The van der Waals surface area contributed by atoms with Gasteiger partial charge < -0.3 is 9.64 Å². The third-order valence-electron chi connectivity index (χ3n) is 4.87. The van der Waals surface area contributed by atoms with Gasteiger partial charge in [-0.15, -0.1) is 0 Å². The number of carbonyl (C=O) groups excluding carboxylic acids is 1. The highest BCUT2D eigenvalue weighted by Crippen LogP contribution is 2.25. The molecule has 4 nitrogen and oxygen atoms in total. The van der Waals surface area contributed by atoms with E-state index in [1.54, 1.807) is 6.07 Å². The number of hydrogen-bond acceptors (Lipinski definition) is 3. The summed E-state index contributed by atoms with van der Waals surface area (Å²) >= 11 is 6.22. The van der Waals surface area contributed by atoms with Crippen LogP contribution in [0.4, 0.5) is 0 Å². The van der Waals surface area contributed by atoms with Crippen LogP contribution in [0, 0.1) is 0 Å². The van der Waals surface area contributed by atoms with E-state index in [-0.39, 0.29) is 5.91 Å². The van der Waals surface area contributed by atoms with Gasteiger partial charge >= 0.3 is 0 Å². The highest BCUT2D eigenvalue weighted by atomic mass is 35.5. The van der Waals surface area contributed by atoms with Crippen LogP contribution in [-0.2, 0) is 4.74 Å². The summed E-state index contributed by atoms with van der Waals surface area (Å²) in [6.45, 7) is 5.55. The smallest absolute Gasteiger partial charge is 0.255 e. The van der Waals surface area contributed by atoms with Crippen molar-refractivity contribution in [3.8, 4) is 0 Å². The van der Waals surface area contributed by atoms with Crippen molar-refractivity contribution in [2.45, 2.75) is 31.7 Å². The van der Waals surface area contributed by atoms with Gasteiger partial charge in [-0.25, -0.2) is 0 Å². The number of amides is 1. The molecule has 0 unspecified atom stereocenters. The number of likely N-dealkylation sites (tertiary alicyclic amines) is 1. The van der Waals surface area contributed by atoms with E-state index < -0.39 is 0 Å². The van der Waals surface area contributed by atoms with E-state index in [9.17, 15) is 4.79 Å². The minimum absolute atomic E-state index is 0.0854. The average Bonchev–Trinajstić information content (AvgIpc) is 2.61. The Balaban J connectivity index is 1.63.